The molecule has 1 saturated carbocycles. The van der Waals surface area contributed by atoms with Gasteiger partial charge in [0.1, 0.15) is 0 Å². The SMILES string of the molecule is CNC(=O)CCNCc1ccccc1C1CC1. The van der Waals surface area contributed by atoms with Gasteiger partial charge in [-0.05, 0) is 29.9 Å². The van der Waals surface area contributed by atoms with E-state index in [9.17, 15) is 4.79 Å². The Labute approximate surface area is 103 Å². The molecule has 2 rings (SSSR count). The molecule has 0 aromatic heterocycles. The van der Waals surface area contributed by atoms with E-state index in [1.165, 1.54) is 24.0 Å². The van der Waals surface area contributed by atoms with E-state index in [-0.39, 0.29) is 5.91 Å². The van der Waals surface area contributed by atoms with E-state index in [0.717, 1.165) is 19.0 Å². The van der Waals surface area contributed by atoms with Crippen LogP contribution >= 0.6 is 0 Å². The van der Waals surface area contributed by atoms with Gasteiger partial charge in [-0.1, -0.05) is 24.3 Å². The van der Waals surface area contributed by atoms with Crippen LogP contribution in [0.4, 0.5) is 0 Å². The summed E-state index contributed by atoms with van der Waals surface area (Å²) >= 11 is 0. The summed E-state index contributed by atoms with van der Waals surface area (Å²) in [6.07, 6.45) is 3.20. The third-order valence-electron chi connectivity index (χ3n) is 3.20. The van der Waals surface area contributed by atoms with E-state index in [2.05, 4.69) is 34.9 Å². The molecule has 92 valence electrons. The molecule has 0 spiro atoms. The Morgan fingerprint density at radius 3 is 2.82 bits per heavy atom. The summed E-state index contributed by atoms with van der Waals surface area (Å²) in [5.74, 6) is 0.875. The van der Waals surface area contributed by atoms with Crippen LogP contribution in [0.1, 0.15) is 36.3 Å². The minimum absolute atomic E-state index is 0.0907. The second-order valence-electron chi connectivity index (χ2n) is 4.57. The maximum atomic E-state index is 11.1. The van der Waals surface area contributed by atoms with Crippen molar-refractivity contribution in [3.63, 3.8) is 0 Å². The molecule has 0 saturated heterocycles. The molecule has 3 nitrogen and oxygen atoms in total. The number of amides is 1. The second kappa shape index (κ2) is 5.82. The van der Waals surface area contributed by atoms with Gasteiger partial charge in [0.15, 0.2) is 0 Å². The largest absolute Gasteiger partial charge is 0.359 e. The fourth-order valence-corrected chi connectivity index (χ4v) is 2.04. The molecule has 1 aromatic carbocycles. The number of carbonyl (C=O) groups excluding carboxylic acids is 1. The van der Waals surface area contributed by atoms with Crippen LogP contribution in [0.15, 0.2) is 24.3 Å². The van der Waals surface area contributed by atoms with E-state index in [4.69, 9.17) is 0 Å². The highest BCUT2D eigenvalue weighted by atomic mass is 16.1. The van der Waals surface area contributed by atoms with Crippen molar-refractivity contribution < 1.29 is 4.79 Å². The minimum Gasteiger partial charge on any atom is -0.359 e. The molecule has 1 fully saturated rings. The molecule has 0 bridgehead atoms. The third kappa shape index (κ3) is 3.56. The van der Waals surface area contributed by atoms with Gasteiger partial charge in [0.05, 0.1) is 0 Å². The van der Waals surface area contributed by atoms with Crippen molar-refractivity contribution in [3.05, 3.63) is 35.4 Å². The summed E-state index contributed by atoms with van der Waals surface area (Å²) in [5, 5.41) is 5.95. The zero-order chi connectivity index (χ0) is 12.1. The van der Waals surface area contributed by atoms with Gasteiger partial charge in [-0.15, -0.1) is 0 Å². The van der Waals surface area contributed by atoms with E-state index >= 15 is 0 Å². The monoisotopic (exact) mass is 232 g/mol. The molecule has 17 heavy (non-hydrogen) atoms. The zero-order valence-corrected chi connectivity index (χ0v) is 10.3. The van der Waals surface area contributed by atoms with Gasteiger partial charge in [-0.25, -0.2) is 0 Å². The Morgan fingerprint density at radius 2 is 2.12 bits per heavy atom. The van der Waals surface area contributed by atoms with Gasteiger partial charge in [0.25, 0.3) is 0 Å². The molecule has 1 aliphatic rings. The van der Waals surface area contributed by atoms with Crippen LogP contribution in [-0.4, -0.2) is 19.5 Å². The van der Waals surface area contributed by atoms with Gasteiger partial charge < -0.3 is 10.6 Å². The van der Waals surface area contributed by atoms with Crippen molar-refractivity contribution in [1.29, 1.82) is 0 Å². The van der Waals surface area contributed by atoms with Crippen LogP contribution in [0.5, 0.6) is 0 Å². The predicted octanol–water partition coefficient (Wildman–Crippen LogP) is 1.79. The first-order valence-corrected chi connectivity index (χ1v) is 6.30. The lowest BCUT2D eigenvalue weighted by Crippen LogP contribution is -2.24. The highest BCUT2D eigenvalue weighted by Crippen LogP contribution is 2.41. The number of nitrogens with one attached hydrogen (secondary N) is 2. The van der Waals surface area contributed by atoms with Crippen molar-refractivity contribution in [2.75, 3.05) is 13.6 Å². The average Bonchev–Trinajstić information content (AvgIpc) is 3.19. The lowest BCUT2D eigenvalue weighted by Gasteiger charge is -2.09. The molecular formula is C14H20N2O. The third-order valence-corrected chi connectivity index (χ3v) is 3.20. The molecule has 0 radical (unpaired) electrons. The summed E-state index contributed by atoms with van der Waals surface area (Å²) in [4.78, 5) is 11.1. The van der Waals surface area contributed by atoms with Crippen molar-refractivity contribution in [1.82, 2.24) is 10.6 Å². The Morgan fingerprint density at radius 1 is 1.35 bits per heavy atom. The zero-order valence-electron chi connectivity index (χ0n) is 10.3. The fraction of sp³-hybridized carbons (Fsp3) is 0.500. The average molecular weight is 232 g/mol. The number of benzene rings is 1. The second-order valence-corrected chi connectivity index (χ2v) is 4.57. The molecule has 1 aromatic rings. The highest BCUT2D eigenvalue weighted by Gasteiger charge is 2.25. The smallest absolute Gasteiger partial charge is 0.221 e. The molecular weight excluding hydrogens is 212 g/mol. The maximum Gasteiger partial charge on any atom is 0.221 e. The van der Waals surface area contributed by atoms with E-state index < -0.39 is 0 Å². The topological polar surface area (TPSA) is 41.1 Å². The number of hydrogen-bond acceptors (Lipinski definition) is 2. The Bertz CT molecular complexity index is 386. The molecule has 0 aliphatic heterocycles. The Balaban J connectivity index is 1.80. The molecule has 0 heterocycles. The summed E-state index contributed by atoms with van der Waals surface area (Å²) in [5.41, 5.74) is 2.87. The molecule has 2 N–H and O–H groups in total. The number of rotatable bonds is 6. The number of carbonyl (C=O) groups is 1. The fourth-order valence-electron chi connectivity index (χ4n) is 2.04. The quantitative estimate of drug-likeness (QED) is 0.734. The summed E-state index contributed by atoms with van der Waals surface area (Å²) in [7, 11) is 1.67. The van der Waals surface area contributed by atoms with Gasteiger partial charge >= 0.3 is 0 Å². The van der Waals surface area contributed by atoms with Gasteiger partial charge in [-0.2, -0.15) is 0 Å². The van der Waals surface area contributed by atoms with Crippen LogP contribution in [0.2, 0.25) is 0 Å². The summed E-state index contributed by atoms with van der Waals surface area (Å²) in [6, 6.07) is 8.61. The first-order valence-electron chi connectivity index (χ1n) is 6.30. The molecule has 1 amide bonds. The standard InChI is InChI=1S/C14H20N2O/c1-15-14(17)8-9-16-10-12-4-2-3-5-13(12)11-6-7-11/h2-5,11,16H,6-10H2,1H3,(H,15,17). The predicted molar refractivity (Wildman–Crippen MR) is 68.8 cm³/mol. The van der Waals surface area contributed by atoms with Gasteiger partial charge in [0.2, 0.25) is 5.91 Å². The van der Waals surface area contributed by atoms with Gasteiger partial charge in [0, 0.05) is 26.6 Å². The van der Waals surface area contributed by atoms with Crippen molar-refractivity contribution >= 4 is 5.91 Å². The van der Waals surface area contributed by atoms with E-state index in [1.807, 2.05) is 0 Å². The van der Waals surface area contributed by atoms with Crippen molar-refractivity contribution in [2.45, 2.75) is 31.7 Å². The minimum atomic E-state index is 0.0907. The molecule has 3 heteroatoms. The first-order chi connectivity index (χ1) is 8.31. The first kappa shape index (κ1) is 12.1. The van der Waals surface area contributed by atoms with Crippen LogP contribution in [0, 0.1) is 0 Å². The van der Waals surface area contributed by atoms with Crippen LogP contribution in [0.25, 0.3) is 0 Å². The molecule has 0 unspecified atom stereocenters. The van der Waals surface area contributed by atoms with Crippen LogP contribution < -0.4 is 10.6 Å². The molecule has 0 atom stereocenters. The van der Waals surface area contributed by atoms with Crippen LogP contribution in [-0.2, 0) is 11.3 Å². The normalized spacial score (nSPS) is 14.6. The number of hydrogen-bond donors (Lipinski definition) is 2. The van der Waals surface area contributed by atoms with Crippen molar-refractivity contribution in [2.24, 2.45) is 0 Å². The van der Waals surface area contributed by atoms with E-state index in [1.54, 1.807) is 7.05 Å². The Hall–Kier alpha value is -1.35. The summed E-state index contributed by atoms with van der Waals surface area (Å²) in [6.45, 7) is 1.60. The van der Waals surface area contributed by atoms with E-state index in [0.29, 0.717) is 6.42 Å². The highest BCUT2D eigenvalue weighted by molar-refractivity contribution is 5.75. The van der Waals surface area contributed by atoms with Gasteiger partial charge in [-0.3, -0.25) is 4.79 Å². The maximum absolute atomic E-state index is 11.1. The lowest BCUT2D eigenvalue weighted by molar-refractivity contribution is -0.120. The summed E-state index contributed by atoms with van der Waals surface area (Å²) < 4.78 is 0. The lowest BCUT2D eigenvalue weighted by atomic mass is 10.0. The molecule has 1 aliphatic carbocycles. The van der Waals surface area contributed by atoms with Crippen molar-refractivity contribution in [3.8, 4) is 0 Å². The Kier molecular flexibility index (Phi) is 4.15. The van der Waals surface area contributed by atoms with Crippen LogP contribution in [0.3, 0.4) is 0 Å².